The standard InChI is InChI=1S/C15H20N2O2S/c1-3-15(2)14(19)17(8-10-6-7-20-9-10)12(11-4-5-11)13(18)16-15/h6-7,9,11-12H,3-5,8H2,1-2H3,(H,16,18). The molecule has 1 saturated heterocycles. The second-order valence-corrected chi connectivity index (χ2v) is 6.80. The van der Waals surface area contributed by atoms with Crippen molar-refractivity contribution in [3.8, 4) is 0 Å². The summed E-state index contributed by atoms with van der Waals surface area (Å²) < 4.78 is 0. The van der Waals surface area contributed by atoms with Crippen molar-refractivity contribution in [1.29, 1.82) is 0 Å². The van der Waals surface area contributed by atoms with Crippen LogP contribution < -0.4 is 5.32 Å². The van der Waals surface area contributed by atoms with Crippen LogP contribution in [0.5, 0.6) is 0 Å². The third-order valence-corrected chi connectivity index (χ3v) is 5.18. The molecule has 1 aliphatic carbocycles. The summed E-state index contributed by atoms with van der Waals surface area (Å²) in [6.07, 6.45) is 2.72. The second kappa shape index (κ2) is 4.88. The lowest BCUT2D eigenvalue weighted by Gasteiger charge is -2.44. The van der Waals surface area contributed by atoms with Crippen molar-refractivity contribution in [3.63, 3.8) is 0 Å². The van der Waals surface area contributed by atoms with Gasteiger partial charge < -0.3 is 10.2 Å². The number of nitrogens with zero attached hydrogens (tertiary/aromatic N) is 1. The van der Waals surface area contributed by atoms with Gasteiger partial charge in [-0.1, -0.05) is 6.92 Å². The highest BCUT2D eigenvalue weighted by Gasteiger charge is 2.51. The number of thiophene rings is 1. The predicted octanol–water partition coefficient (Wildman–Crippen LogP) is 2.15. The van der Waals surface area contributed by atoms with Crippen molar-refractivity contribution in [2.45, 2.75) is 51.2 Å². The first-order chi connectivity index (χ1) is 9.55. The minimum absolute atomic E-state index is 0.0201. The summed E-state index contributed by atoms with van der Waals surface area (Å²) >= 11 is 1.62. The van der Waals surface area contributed by atoms with E-state index in [1.807, 2.05) is 35.6 Å². The molecule has 0 spiro atoms. The highest BCUT2D eigenvalue weighted by Crippen LogP contribution is 2.39. The van der Waals surface area contributed by atoms with E-state index >= 15 is 0 Å². The SMILES string of the molecule is CCC1(C)NC(=O)C(C2CC2)N(Cc2ccsc2)C1=O. The van der Waals surface area contributed by atoms with Gasteiger partial charge in [0.05, 0.1) is 0 Å². The molecule has 2 fully saturated rings. The Morgan fingerprint density at radius 2 is 2.20 bits per heavy atom. The van der Waals surface area contributed by atoms with E-state index in [1.165, 1.54) is 0 Å². The van der Waals surface area contributed by atoms with Gasteiger partial charge in [-0.05, 0) is 54.5 Å². The highest BCUT2D eigenvalue weighted by molar-refractivity contribution is 7.07. The summed E-state index contributed by atoms with van der Waals surface area (Å²) in [5.41, 5.74) is 0.362. The van der Waals surface area contributed by atoms with Crippen molar-refractivity contribution >= 4 is 23.2 Å². The number of carbonyl (C=O) groups excluding carboxylic acids is 2. The molecular formula is C15H20N2O2S. The Hall–Kier alpha value is -1.36. The van der Waals surface area contributed by atoms with Gasteiger partial charge in [0.15, 0.2) is 0 Å². The Morgan fingerprint density at radius 1 is 1.45 bits per heavy atom. The molecule has 1 aromatic heterocycles. The summed E-state index contributed by atoms with van der Waals surface area (Å²) in [4.78, 5) is 27.0. The van der Waals surface area contributed by atoms with Gasteiger partial charge in [0.25, 0.3) is 0 Å². The van der Waals surface area contributed by atoms with E-state index in [2.05, 4.69) is 5.32 Å². The molecule has 0 aromatic carbocycles. The summed E-state index contributed by atoms with van der Waals surface area (Å²) in [5, 5.41) is 7.00. The molecule has 3 rings (SSSR count). The third-order valence-electron chi connectivity index (χ3n) is 4.45. The molecule has 0 bridgehead atoms. The first-order valence-electron chi connectivity index (χ1n) is 7.19. The van der Waals surface area contributed by atoms with Crippen molar-refractivity contribution in [2.24, 2.45) is 5.92 Å². The zero-order chi connectivity index (χ0) is 14.3. The van der Waals surface area contributed by atoms with Crippen LogP contribution in [0.25, 0.3) is 0 Å². The normalized spacial score (nSPS) is 30.5. The largest absolute Gasteiger partial charge is 0.340 e. The van der Waals surface area contributed by atoms with Crippen molar-refractivity contribution in [3.05, 3.63) is 22.4 Å². The van der Waals surface area contributed by atoms with Crippen molar-refractivity contribution in [1.82, 2.24) is 10.2 Å². The first-order valence-corrected chi connectivity index (χ1v) is 8.13. The Labute approximate surface area is 123 Å². The Morgan fingerprint density at radius 3 is 2.75 bits per heavy atom. The second-order valence-electron chi connectivity index (χ2n) is 6.02. The monoisotopic (exact) mass is 292 g/mol. The maximum atomic E-state index is 12.8. The fourth-order valence-electron chi connectivity index (χ4n) is 2.85. The van der Waals surface area contributed by atoms with E-state index in [1.54, 1.807) is 11.3 Å². The zero-order valence-corrected chi connectivity index (χ0v) is 12.7. The summed E-state index contributed by atoms with van der Waals surface area (Å²) in [6, 6.07) is 1.75. The van der Waals surface area contributed by atoms with Crippen LogP contribution in [-0.4, -0.2) is 28.3 Å². The molecule has 2 heterocycles. The average molecular weight is 292 g/mol. The van der Waals surface area contributed by atoms with E-state index in [0.29, 0.717) is 18.9 Å². The number of hydrogen-bond donors (Lipinski definition) is 1. The van der Waals surface area contributed by atoms with Crippen LogP contribution in [0.4, 0.5) is 0 Å². The van der Waals surface area contributed by atoms with E-state index in [9.17, 15) is 9.59 Å². The lowest BCUT2D eigenvalue weighted by atomic mass is 9.90. The smallest absolute Gasteiger partial charge is 0.249 e. The summed E-state index contributed by atoms with van der Waals surface area (Å²) in [5.74, 6) is 0.424. The molecule has 2 unspecified atom stereocenters. The first kappa shape index (κ1) is 13.6. The number of amides is 2. The molecule has 20 heavy (non-hydrogen) atoms. The zero-order valence-electron chi connectivity index (χ0n) is 11.9. The van der Waals surface area contributed by atoms with E-state index < -0.39 is 5.54 Å². The van der Waals surface area contributed by atoms with Gasteiger partial charge in [-0.15, -0.1) is 0 Å². The van der Waals surface area contributed by atoms with Crippen molar-refractivity contribution < 1.29 is 9.59 Å². The fourth-order valence-corrected chi connectivity index (χ4v) is 3.51. The maximum Gasteiger partial charge on any atom is 0.249 e. The minimum Gasteiger partial charge on any atom is -0.340 e. The molecule has 1 N–H and O–H groups in total. The van der Waals surface area contributed by atoms with Gasteiger partial charge >= 0.3 is 0 Å². The number of rotatable bonds is 4. The highest BCUT2D eigenvalue weighted by atomic mass is 32.1. The van der Waals surface area contributed by atoms with Gasteiger partial charge in [0.2, 0.25) is 11.8 Å². The van der Waals surface area contributed by atoms with Crippen LogP contribution in [0.15, 0.2) is 16.8 Å². The van der Waals surface area contributed by atoms with Crippen LogP contribution in [0.1, 0.15) is 38.7 Å². The minimum atomic E-state index is -0.751. The van der Waals surface area contributed by atoms with Gasteiger partial charge in [0.1, 0.15) is 11.6 Å². The van der Waals surface area contributed by atoms with Gasteiger partial charge in [-0.3, -0.25) is 9.59 Å². The predicted molar refractivity (Wildman–Crippen MR) is 78.2 cm³/mol. The molecular weight excluding hydrogens is 272 g/mol. The molecule has 5 heteroatoms. The lowest BCUT2D eigenvalue weighted by Crippen LogP contribution is -2.69. The Balaban J connectivity index is 1.90. The third kappa shape index (κ3) is 2.24. The molecule has 2 aliphatic rings. The fraction of sp³-hybridized carbons (Fsp3) is 0.600. The summed E-state index contributed by atoms with van der Waals surface area (Å²) in [6.45, 7) is 4.32. The Bertz CT molecular complexity index is 524. The molecule has 2 atom stereocenters. The van der Waals surface area contributed by atoms with Gasteiger partial charge in [0, 0.05) is 6.54 Å². The van der Waals surface area contributed by atoms with Crippen LogP contribution in [-0.2, 0) is 16.1 Å². The lowest BCUT2D eigenvalue weighted by molar-refractivity contribution is -0.156. The molecule has 0 radical (unpaired) electrons. The molecule has 1 aliphatic heterocycles. The van der Waals surface area contributed by atoms with E-state index in [4.69, 9.17) is 0 Å². The Kier molecular flexibility index (Phi) is 3.32. The molecule has 1 aromatic rings. The average Bonchev–Trinajstić information content (AvgIpc) is 3.12. The number of carbonyl (C=O) groups is 2. The van der Waals surface area contributed by atoms with Crippen LogP contribution >= 0.6 is 11.3 Å². The quantitative estimate of drug-likeness (QED) is 0.924. The molecule has 108 valence electrons. The van der Waals surface area contributed by atoms with Crippen molar-refractivity contribution in [2.75, 3.05) is 0 Å². The van der Waals surface area contributed by atoms with Crippen LogP contribution in [0.2, 0.25) is 0 Å². The van der Waals surface area contributed by atoms with Crippen LogP contribution in [0, 0.1) is 5.92 Å². The van der Waals surface area contributed by atoms with Crippen LogP contribution in [0.3, 0.4) is 0 Å². The van der Waals surface area contributed by atoms with Gasteiger partial charge in [-0.25, -0.2) is 0 Å². The topological polar surface area (TPSA) is 49.4 Å². The number of nitrogens with one attached hydrogen (secondary N) is 1. The van der Waals surface area contributed by atoms with Gasteiger partial charge in [-0.2, -0.15) is 11.3 Å². The number of hydrogen-bond acceptors (Lipinski definition) is 3. The molecule has 1 saturated carbocycles. The van der Waals surface area contributed by atoms with E-state index in [-0.39, 0.29) is 17.9 Å². The molecule has 2 amide bonds. The number of piperazine rings is 1. The van der Waals surface area contributed by atoms with E-state index in [0.717, 1.165) is 18.4 Å². The maximum absolute atomic E-state index is 12.8. The molecule has 4 nitrogen and oxygen atoms in total. The summed E-state index contributed by atoms with van der Waals surface area (Å²) in [7, 11) is 0.